The van der Waals surface area contributed by atoms with E-state index >= 15 is 0 Å². The molecule has 2 rings (SSSR count). The minimum atomic E-state index is -3.64. The lowest BCUT2D eigenvalue weighted by atomic mass is 10.1. The fourth-order valence-electron chi connectivity index (χ4n) is 2.19. The molecule has 0 saturated heterocycles. The van der Waals surface area contributed by atoms with E-state index in [1.165, 1.54) is 0 Å². The molecule has 0 aromatic heterocycles. The fourth-order valence-corrected chi connectivity index (χ4v) is 3.25. The minimum absolute atomic E-state index is 0.193. The zero-order valence-electron chi connectivity index (χ0n) is 13.5. The summed E-state index contributed by atoms with van der Waals surface area (Å²) in [5.74, 6) is -0.929. The van der Waals surface area contributed by atoms with Crippen molar-refractivity contribution in [2.24, 2.45) is 0 Å². The number of benzene rings is 2. The number of hydrogen-bond acceptors (Lipinski definition) is 4. The average molecular weight is 348 g/mol. The first kappa shape index (κ1) is 18.0. The van der Waals surface area contributed by atoms with Crippen LogP contribution in [0.15, 0.2) is 53.4 Å². The fraction of sp³-hybridized carbons (Fsp3) is 0.235. The highest BCUT2D eigenvalue weighted by atomic mass is 32.2. The molecule has 1 unspecified atom stereocenters. The van der Waals surface area contributed by atoms with Crippen molar-refractivity contribution in [2.75, 3.05) is 11.8 Å². The number of aliphatic carboxylic acids is 1. The first-order valence-electron chi connectivity index (χ1n) is 7.40. The Morgan fingerprint density at radius 2 is 1.67 bits per heavy atom. The highest BCUT2D eigenvalue weighted by Gasteiger charge is 2.16. The van der Waals surface area contributed by atoms with Gasteiger partial charge in [0.05, 0.1) is 4.90 Å². The van der Waals surface area contributed by atoms with Gasteiger partial charge in [-0.1, -0.05) is 29.8 Å². The van der Waals surface area contributed by atoms with Crippen molar-refractivity contribution in [3.05, 3.63) is 59.7 Å². The molecule has 7 heteroatoms. The van der Waals surface area contributed by atoms with E-state index in [2.05, 4.69) is 10.0 Å². The van der Waals surface area contributed by atoms with Crippen LogP contribution in [-0.4, -0.2) is 32.6 Å². The van der Waals surface area contributed by atoms with Gasteiger partial charge in [0, 0.05) is 5.69 Å². The maximum atomic E-state index is 12.3. The van der Waals surface area contributed by atoms with Gasteiger partial charge in [0.25, 0.3) is 10.0 Å². The van der Waals surface area contributed by atoms with E-state index in [-0.39, 0.29) is 4.90 Å². The molecule has 1 atom stereocenters. The predicted octanol–water partition coefficient (Wildman–Crippen LogP) is 2.01. The van der Waals surface area contributed by atoms with Crippen LogP contribution in [0, 0.1) is 6.92 Å². The summed E-state index contributed by atoms with van der Waals surface area (Å²) in [6, 6.07) is 12.6. The summed E-state index contributed by atoms with van der Waals surface area (Å²) in [6.07, 6.45) is 0.316. The third-order valence-corrected chi connectivity index (χ3v) is 5.02. The molecular formula is C17H20N2O4S. The molecule has 0 heterocycles. The van der Waals surface area contributed by atoms with Crippen LogP contribution in [0.3, 0.4) is 0 Å². The van der Waals surface area contributed by atoms with Gasteiger partial charge in [0.1, 0.15) is 6.04 Å². The van der Waals surface area contributed by atoms with Crippen molar-refractivity contribution in [1.82, 2.24) is 5.32 Å². The molecule has 0 fully saturated rings. The number of sulfonamides is 1. The SMILES string of the molecule is CNC(Cc1ccc(NS(=O)(=O)c2ccc(C)cc2)cc1)C(=O)O. The highest BCUT2D eigenvalue weighted by Crippen LogP contribution is 2.17. The summed E-state index contributed by atoms with van der Waals surface area (Å²) in [7, 11) is -2.05. The predicted molar refractivity (Wildman–Crippen MR) is 92.6 cm³/mol. The lowest BCUT2D eigenvalue weighted by Crippen LogP contribution is -2.35. The topological polar surface area (TPSA) is 95.5 Å². The zero-order chi connectivity index (χ0) is 17.7. The number of hydrogen-bond donors (Lipinski definition) is 3. The zero-order valence-corrected chi connectivity index (χ0v) is 14.3. The Kier molecular flexibility index (Phi) is 5.58. The van der Waals surface area contributed by atoms with E-state index in [0.29, 0.717) is 12.1 Å². The van der Waals surface area contributed by atoms with Crippen LogP contribution in [0.2, 0.25) is 0 Å². The molecule has 0 spiro atoms. The van der Waals surface area contributed by atoms with Crippen LogP contribution in [-0.2, 0) is 21.2 Å². The molecule has 0 aliphatic heterocycles. The number of anilines is 1. The summed E-state index contributed by atoms with van der Waals surface area (Å²) in [5, 5.41) is 11.8. The third-order valence-electron chi connectivity index (χ3n) is 3.62. The van der Waals surface area contributed by atoms with Crippen molar-refractivity contribution in [2.45, 2.75) is 24.3 Å². The lowest BCUT2D eigenvalue weighted by molar-refractivity contribution is -0.139. The normalized spacial score (nSPS) is 12.6. The van der Waals surface area contributed by atoms with Crippen LogP contribution >= 0.6 is 0 Å². The third kappa shape index (κ3) is 4.56. The Bertz CT molecular complexity index is 799. The summed E-state index contributed by atoms with van der Waals surface area (Å²) in [5.41, 5.74) is 2.21. The summed E-state index contributed by atoms with van der Waals surface area (Å²) in [6.45, 7) is 1.89. The molecule has 0 amide bonds. The smallest absolute Gasteiger partial charge is 0.321 e. The molecular weight excluding hydrogens is 328 g/mol. The number of nitrogens with one attached hydrogen (secondary N) is 2. The molecule has 6 nitrogen and oxygen atoms in total. The number of carboxylic acids is 1. The number of aryl methyl sites for hydroxylation is 1. The molecule has 128 valence electrons. The molecule has 0 radical (unpaired) electrons. The van der Waals surface area contributed by atoms with E-state index in [9.17, 15) is 13.2 Å². The Morgan fingerprint density at radius 1 is 1.08 bits per heavy atom. The van der Waals surface area contributed by atoms with Gasteiger partial charge >= 0.3 is 5.97 Å². The Morgan fingerprint density at radius 3 is 2.17 bits per heavy atom. The Balaban J connectivity index is 2.11. The van der Waals surface area contributed by atoms with E-state index < -0.39 is 22.0 Å². The monoisotopic (exact) mass is 348 g/mol. The number of rotatable bonds is 7. The van der Waals surface area contributed by atoms with Crippen LogP contribution in [0.5, 0.6) is 0 Å². The number of likely N-dealkylation sites (N-methyl/N-ethyl adjacent to an activating group) is 1. The lowest BCUT2D eigenvalue weighted by Gasteiger charge is -2.12. The van der Waals surface area contributed by atoms with Crippen LogP contribution in [0.25, 0.3) is 0 Å². The minimum Gasteiger partial charge on any atom is -0.480 e. The second kappa shape index (κ2) is 7.46. The number of carboxylic acid groups (broad SMARTS) is 1. The average Bonchev–Trinajstić information content (AvgIpc) is 2.54. The van der Waals surface area contributed by atoms with Crippen molar-refractivity contribution < 1.29 is 18.3 Å². The van der Waals surface area contributed by atoms with E-state index in [1.807, 2.05) is 6.92 Å². The van der Waals surface area contributed by atoms with E-state index in [4.69, 9.17) is 5.11 Å². The molecule has 2 aromatic rings. The molecule has 0 aliphatic carbocycles. The van der Waals surface area contributed by atoms with Crippen LogP contribution in [0.1, 0.15) is 11.1 Å². The van der Waals surface area contributed by atoms with Gasteiger partial charge in [-0.25, -0.2) is 8.42 Å². The Hall–Kier alpha value is -2.38. The second-order valence-electron chi connectivity index (χ2n) is 5.50. The summed E-state index contributed by atoms with van der Waals surface area (Å²) in [4.78, 5) is 11.2. The molecule has 0 aliphatic rings. The van der Waals surface area contributed by atoms with Gasteiger partial charge < -0.3 is 10.4 Å². The van der Waals surface area contributed by atoms with Crippen molar-refractivity contribution >= 4 is 21.7 Å². The maximum Gasteiger partial charge on any atom is 0.321 e. The molecule has 2 aromatic carbocycles. The van der Waals surface area contributed by atoms with Gasteiger partial charge in [0.15, 0.2) is 0 Å². The van der Waals surface area contributed by atoms with Gasteiger partial charge in [-0.2, -0.15) is 0 Å². The number of carbonyl (C=O) groups is 1. The van der Waals surface area contributed by atoms with Gasteiger partial charge in [-0.05, 0) is 50.2 Å². The largest absolute Gasteiger partial charge is 0.480 e. The van der Waals surface area contributed by atoms with Crippen molar-refractivity contribution in [3.63, 3.8) is 0 Å². The molecule has 24 heavy (non-hydrogen) atoms. The van der Waals surface area contributed by atoms with Crippen LogP contribution in [0.4, 0.5) is 5.69 Å². The first-order valence-corrected chi connectivity index (χ1v) is 8.88. The standard InChI is InChI=1S/C17H20N2O4S/c1-12-3-9-15(10-4-12)24(22,23)19-14-7-5-13(6-8-14)11-16(18-2)17(20)21/h3-10,16,18-19H,11H2,1-2H3,(H,20,21). The first-order chi connectivity index (χ1) is 11.3. The molecule has 0 saturated carbocycles. The Labute approximate surface area is 141 Å². The maximum absolute atomic E-state index is 12.3. The molecule has 0 bridgehead atoms. The van der Waals surface area contributed by atoms with Crippen molar-refractivity contribution in [3.8, 4) is 0 Å². The summed E-state index contributed by atoms with van der Waals surface area (Å²) < 4.78 is 27.1. The van der Waals surface area contributed by atoms with Gasteiger partial charge in [0.2, 0.25) is 0 Å². The van der Waals surface area contributed by atoms with E-state index in [1.54, 1.807) is 55.6 Å². The highest BCUT2D eigenvalue weighted by molar-refractivity contribution is 7.92. The second-order valence-corrected chi connectivity index (χ2v) is 7.18. The molecule has 3 N–H and O–H groups in total. The van der Waals surface area contributed by atoms with Crippen LogP contribution < -0.4 is 10.0 Å². The quantitative estimate of drug-likeness (QED) is 0.711. The van der Waals surface area contributed by atoms with Crippen molar-refractivity contribution in [1.29, 1.82) is 0 Å². The summed E-state index contributed by atoms with van der Waals surface area (Å²) >= 11 is 0. The van der Waals surface area contributed by atoms with Gasteiger partial charge in [-0.15, -0.1) is 0 Å². The van der Waals surface area contributed by atoms with Gasteiger partial charge in [-0.3, -0.25) is 9.52 Å². The van der Waals surface area contributed by atoms with E-state index in [0.717, 1.165) is 11.1 Å².